The van der Waals surface area contributed by atoms with Crippen LogP contribution in [0.1, 0.15) is 174 Å². The molecule has 0 saturated carbocycles. The number of aliphatic carboxylic acids is 1. The lowest BCUT2D eigenvalue weighted by molar-refractivity contribution is -0.887. The zero-order valence-corrected chi connectivity index (χ0v) is 38.9. The molecule has 0 aliphatic rings. The monoisotopic (exact) mass is 839 g/mol. The van der Waals surface area contributed by atoms with E-state index in [4.69, 9.17) is 14.2 Å². The summed E-state index contributed by atoms with van der Waals surface area (Å²) in [6, 6.07) is -0.627. The summed E-state index contributed by atoms with van der Waals surface area (Å²) in [6.07, 6.45) is 54.9. The van der Waals surface area contributed by atoms with Crippen LogP contribution in [0.3, 0.4) is 0 Å². The van der Waals surface area contributed by atoms with Crippen LogP contribution in [-0.4, -0.2) is 80.6 Å². The number of carboxylic acids is 1. The second kappa shape index (κ2) is 42.2. The van der Waals surface area contributed by atoms with Crippen LogP contribution in [0.25, 0.3) is 0 Å². The molecule has 8 heteroatoms. The molecule has 0 radical (unpaired) electrons. The highest BCUT2D eigenvalue weighted by atomic mass is 16.6. The standard InChI is InChI=1S/C52H87NO7/c1-6-8-10-12-14-16-18-20-22-23-24-25-26-27-28-29-31-32-34-36-38-40-42-50(54)59-47-48(46-58-45-44-49(52(56)57)53(3,4)5)60-51(55)43-41-39-37-35-33-30-21-19-17-15-13-11-9-7-2/h8,10,14,16,20,22,24-25,27-28,30-33,48-49H,6-7,9,11-13,15,17-19,21,23,26,29,34-47H2,1-5H3/p+1/b10-8+,16-14+,22-20+,25-24+,28-27+,32-31+,33-30+. The van der Waals surface area contributed by atoms with E-state index in [1.165, 1.54) is 44.9 Å². The minimum atomic E-state index is -0.885. The molecular weight excluding hydrogens is 751 g/mol. The molecule has 0 aromatic rings. The van der Waals surface area contributed by atoms with E-state index < -0.39 is 18.1 Å². The Morgan fingerprint density at radius 1 is 0.517 bits per heavy atom. The molecule has 0 rings (SSSR count). The lowest BCUT2D eigenvalue weighted by Crippen LogP contribution is -2.50. The van der Waals surface area contributed by atoms with Gasteiger partial charge in [0, 0.05) is 19.3 Å². The molecule has 0 aromatic heterocycles. The fourth-order valence-corrected chi connectivity index (χ4v) is 6.38. The Balaban J connectivity index is 4.39. The molecule has 2 unspecified atom stereocenters. The lowest BCUT2D eigenvalue weighted by Gasteiger charge is -2.31. The minimum Gasteiger partial charge on any atom is -0.477 e. The third-order valence-electron chi connectivity index (χ3n) is 10.0. The molecule has 0 heterocycles. The molecule has 0 saturated heterocycles. The number of carbonyl (C=O) groups is 3. The van der Waals surface area contributed by atoms with E-state index in [2.05, 4.69) is 98.9 Å². The van der Waals surface area contributed by atoms with Gasteiger partial charge in [0.1, 0.15) is 6.61 Å². The van der Waals surface area contributed by atoms with Crippen LogP contribution in [0.4, 0.5) is 0 Å². The van der Waals surface area contributed by atoms with E-state index in [0.29, 0.717) is 19.3 Å². The van der Waals surface area contributed by atoms with Gasteiger partial charge in [-0.25, -0.2) is 4.79 Å². The van der Waals surface area contributed by atoms with Crippen molar-refractivity contribution in [3.8, 4) is 0 Å². The summed E-state index contributed by atoms with van der Waals surface area (Å²) in [5.41, 5.74) is 0. The highest BCUT2D eigenvalue weighted by molar-refractivity contribution is 5.72. The molecule has 0 amide bonds. The number of unbranched alkanes of at least 4 members (excludes halogenated alkanes) is 13. The zero-order valence-electron chi connectivity index (χ0n) is 38.9. The van der Waals surface area contributed by atoms with Crippen molar-refractivity contribution in [1.82, 2.24) is 0 Å². The predicted octanol–water partition coefficient (Wildman–Crippen LogP) is 13.3. The average Bonchev–Trinajstić information content (AvgIpc) is 3.21. The van der Waals surface area contributed by atoms with Gasteiger partial charge in [-0.05, 0) is 89.9 Å². The van der Waals surface area contributed by atoms with Gasteiger partial charge >= 0.3 is 17.9 Å². The number of likely N-dealkylation sites (N-methyl/N-ethyl adjacent to an activating group) is 1. The molecule has 1 N–H and O–H groups in total. The van der Waals surface area contributed by atoms with Gasteiger partial charge in [0.15, 0.2) is 12.1 Å². The number of ether oxygens (including phenoxy) is 3. The number of carboxylic acid groups (broad SMARTS) is 1. The number of hydrogen-bond acceptors (Lipinski definition) is 6. The van der Waals surface area contributed by atoms with Gasteiger partial charge in [-0.15, -0.1) is 0 Å². The van der Waals surface area contributed by atoms with E-state index in [-0.39, 0.29) is 36.2 Å². The number of quaternary nitrogens is 1. The second-order valence-corrected chi connectivity index (χ2v) is 16.6. The van der Waals surface area contributed by atoms with Crippen molar-refractivity contribution in [2.24, 2.45) is 0 Å². The molecule has 60 heavy (non-hydrogen) atoms. The van der Waals surface area contributed by atoms with E-state index in [9.17, 15) is 19.5 Å². The number of esters is 2. The molecule has 0 fully saturated rings. The van der Waals surface area contributed by atoms with Crippen LogP contribution in [0.2, 0.25) is 0 Å². The first-order valence-electron chi connectivity index (χ1n) is 23.6. The van der Waals surface area contributed by atoms with E-state index in [1.807, 2.05) is 21.1 Å². The second-order valence-electron chi connectivity index (χ2n) is 16.6. The summed E-state index contributed by atoms with van der Waals surface area (Å²) < 4.78 is 17.2. The maximum absolute atomic E-state index is 12.7. The molecule has 0 aliphatic heterocycles. The molecule has 8 nitrogen and oxygen atoms in total. The third-order valence-corrected chi connectivity index (χ3v) is 10.0. The van der Waals surface area contributed by atoms with Gasteiger partial charge in [-0.2, -0.15) is 0 Å². The third kappa shape index (κ3) is 39.9. The SMILES string of the molecule is CC/C=C/C/C=C/C/C=C/C/C=C/C/C=C/C/C=C/CCCCCC(=O)OCC(COCCC(C(=O)O)[N+](C)(C)C)OC(=O)CCCCC/C=C/CCCCCCCCC. The molecular formula is C52H88NO7+. The van der Waals surface area contributed by atoms with Gasteiger partial charge < -0.3 is 23.8 Å². The Kier molecular flexibility index (Phi) is 39.8. The number of carbonyl (C=O) groups excluding carboxylic acids is 2. The zero-order chi connectivity index (χ0) is 44.2. The average molecular weight is 839 g/mol. The Hall–Kier alpha value is -3.49. The van der Waals surface area contributed by atoms with Crippen molar-refractivity contribution >= 4 is 17.9 Å². The van der Waals surface area contributed by atoms with Crippen molar-refractivity contribution in [3.63, 3.8) is 0 Å². The summed E-state index contributed by atoms with van der Waals surface area (Å²) in [5, 5.41) is 9.63. The largest absolute Gasteiger partial charge is 0.477 e. The maximum Gasteiger partial charge on any atom is 0.362 e. The molecule has 0 spiro atoms. The van der Waals surface area contributed by atoms with Gasteiger partial charge in [-0.3, -0.25) is 9.59 Å². The quantitative estimate of drug-likeness (QED) is 0.0283. The lowest BCUT2D eigenvalue weighted by atomic mass is 10.1. The van der Waals surface area contributed by atoms with Crippen molar-refractivity contribution in [2.75, 3.05) is 41.0 Å². The van der Waals surface area contributed by atoms with Crippen molar-refractivity contribution in [1.29, 1.82) is 0 Å². The van der Waals surface area contributed by atoms with E-state index in [0.717, 1.165) is 96.3 Å². The molecule has 0 aromatic carbocycles. The van der Waals surface area contributed by atoms with Gasteiger partial charge in [-0.1, -0.05) is 150 Å². The normalized spacial score (nSPS) is 13.7. The summed E-state index contributed by atoms with van der Waals surface area (Å²) >= 11 is 0. The van der Waals surface area contributed by atoms with Crippen LogP contribution >= 0.6 is 0 Å². The Bertz CT molecular complexity index is 1250. The molecule has 342 valence electrons. The molecule has 0 aliphatic carbocycles. The highest BCUT2D eigenvalue weighted by Gasteiger charge is 2.31. The van der Waals surface area contributed by atoms with Crippen molar-refractivity contribution in [3.05, 3.63) is 85.1 Å². The molecule has 0 bridgehead atoms. The Labute approximate surface area is 367 Å². The Morgan fingerprint density at radius 3 is 1.40 bits per heavy atom. The summed E-state index contributed by atoms with van der Waals surface area (Å²) in [6.45, 7) is 4.55. The minimum absolute atomic E-state index is 0.0397. The Morgan fingerprint density at radius 2 is 0.933 bits per heavy atom. The fourth-order valence-electron chi connectivity index (χ4n) is 6.38. The highest BCUT2D eigenvalue weighted by Crippen LogP contribution is 2.13. The summed E-state index contributed by atoms with van der Waals surface area (Å²) in [7, 11) is 5.51. The first kappa shape index (κ1) is 56.5. The predicted molar refractivity (Wildman–Crippen MR) is 252 cm³/mol. The van der Waals surface area contributed by atoms with Gasteiger partial charge in [0.2, 0.25) is 0 Å². The van der Waals surface area contributed by atoms with Crippen LogP contribution in [0, 0.1) is 0 Å². The first-order chi connectivity index (χ1) is 29.1. The number of hydrogen-bond donors (Lipinski definition) is 1. The summed E-state index contributed by atoms with van der Waals surface area (Å²) in [4.78, 5) is 37.0. The number of nitrogens with zero attached hydrogens (tertiary/aromatic N) is 1. The van der Waals surface area contributed by atoms with Crippen LogP contribution in [0.15, 0.2) is 85.1 Å². The molecule has 2 atom stereocenters. The van der Waals surface area contributed by atoms with Crippen molar-refractivity contribution in [2.45, 2.75) is 187 Å². The number of rotatable bonds is 41. The first-order valence-corrected chi connectivity index (χ1v) is 23.6. The van der Waals surface area contributed by atoms with Crippen LogP contribution in [0.5, 0.6) is 0 Å². The van der Waals surface area contributed by atoms with E-state index >= 15 is 0 Å². The number of allylic oxidation sites excluding steroid dienone is 14. The van der Waals surface area contributed by atoms with Crippen LogP contribution < -0.4 is 0 Å². The maximum atomic E-state index is 12.7. The van der Waals surface area contributed by atoms with Crippen LogP contribution in [-0.2, 0) is 28.6 Å². The van der Waals surface area contributed by atoms with E-state index in [1.54, 1.807) is 0 Å². The van der Waals surface area contributed by atoms with Gasteiger partial charge in [0.25, 0.3) is 0 Å². The fraction of sp³-hybridized carbons (Fsp3) is 0.673. The van der Waals surface area contributed by atoms with Crippen molar-refractivity contribution < 1.29 is 38.2 Å². The smallest absolute Gasteiger partial charge is 0.362 e. The summed E-state index contributed by atoms with van der Waals surface area (Å²) in [5.74, 6) is -1.54. The topological polar surface area (TPSA) is 99.1 Å². The van der Waals surface area contributed by atoms with Gasteiger partial charge in [0.05, 0.1) is 34.4 Å².